The minimum Gasteiger partial charge on any atom is -0.390 e. The number of nitrogens with zero attached hydrogens (tertiary/aromatic N) is 6. The van der Waals surface area contributed by atoms with Crippen molar-refractivity contribution in [1.82, 2.24) is 24.5 Å². The van der Waals surface area contributed by atoms with Crippen molar-refractivity contribution in [1.29, 1.82) is 0 Å². The van der Waals surface area contributed by atoms with Crippen LogP contribution in [0.5, 0.6) is 0 Å². The van der Waals surface area contributed by atoms with Crippen LogP contribution in [-0.2, 0) is 24.4 Å². The molecule has 0 aromatic carbocycles. The minimum atomic E-state index is -0.544. The average molecular weight is 284 g/mol. The van der Waals surface area contributed by atoms with Gasteiger partial charge in [0.1, 0.15) is 24.8 Å². The number of aryl methyl sites for hydroxylation is 2. The highest BCUT2D eigenvalue weighted by Gasteiger charge is 2.13. The van der Waals surface area contributed by atoms with Gasteiger partial charge in [0.05, 0.1) is 32.5 Å². The third kappa shape index (κ3) is 3.57. The number of imidazole rings is 1. The first-order chi connectivity index (χ1) is 9.70. The smallest absolute Gasteiger partial charge is 0.390 e. The molecule has 0 N–H and O–H groups in total. The second-order valence-corrected chi connectivity index (χ2v) is 3.89. The third-order valence-corrected chi connectivity index (χ3v) is 2.48. The van der Waals surface area contributed by atoms with Crippen molar-refractivity contribution >= 4 is 5.95 Å². The number of alkyl halides is 1. The van der Waals surface area contributed by atoms with Crippen molar-refractivity contribution in [2.24, 2.45) is 0 Å². The van der Waals surface area contributed by atoms with Gasteiger partial charge in [-0.3, -0.25) is 0 Å². The van der Waals surface area contributed by atoms with Crippen LogP contribution in [0.3, 0.4) is 0 Å². The monoisotopic (exact) mass is 284 g/mol. The Labute approximate surface area is 113 Å². The lowest BCUT2D eigenvalue weighted by Gasteiger charge is -2.01. The molecule has 2 heterocycles. The number of hydrogen-bond donors (Lipinski definition) is 0. The maximum absolute atomic E-state index is 11.9. The Bertz CT molecular complexity index is 569. The fourth-order valence-electron chi connectivity index (χ4n) is 1.60. The molecule has 0 aliphatic rings. The van der Waals surface area contributed by atoms with Crippen LogP contribution in [-0.4, -0.2) is 42.7 Å². The van der Waals surface area contributed by atoms with Gasteiger partial charge in [-0.25, -0.2) is 13.6 Å². The SMILES string of the molecule is O=[N+]([O-])c1nccn1CCn1cc(COCCF)nn1. The summed E-state index contributed by atoms with van der Waals surface area (Å²) in [5, 5.41) is 18.4. The molecule has 0 bridgehead atoms. The van der Waals surface area contributed by atoms with Gasteiger partial charge in [-0.1, -0.05) is 10.2 Å². The molecule has 0 amide bonds. The van der Waals surface area contributed by atoms with Crippen molar-refractivity contribution in [3.05, 3.63) is 34.4 Å². The van der Waals surface area contributed by atoms with Gasteiger partial charge in [-0.15, -0.1) is 5.10 Å². The second kappa shape index (κ2) is 6.70. The fourth-order valence-corrected chi connectivity index (χ4v) is 1.60. The van der Waals surface area contributed by atoms with Crippen LogP contribution in [0.4, 0.5) is 10.3 Å². The average Bonchev–Trinajstić information content (AvgIpc) is 3.05. The summed E-state index contributed by atoms with van der Waals surface area (Å²) in [4.78, 5) is 13.8. The zero-order chi connectivity index (χ0) is 14.4. The van der Waals surface area contributed by atoms with E-state index in [4.69, 9.17) is 4.74 Å². The van der Waals surface area contributed by atoms with Gasteiger partial charge < -0.3 is 14.9 Å². The molecule has 0 radical (unpaired) electrons. The Morgan fingerprint density at radius 2 is 2.30 bits per heavy atom. The minimum absolute atomic E-state index is 0.0219. The summed E-state index contributed by atoms with van der Waals surface area (Å²) in [6, 6.07) is 0. The Hall–Kier alpha value is -2.36. The first-order valence-corrected chi connectivity index (χ1v) is 5.89. The van der Waals surface area contributed by atoms with Gasteiger partial charge >= 0.3 is 5.95 Å². The maximum Gasteiger partial charge on any atom is 0.434 e. The third-order valence-electron chi connectivity index (χ3n) is 2.48. The van der Waals surface area contributed by atoms with Gasteiger partial charge in [0, 0.05) is 0 Å². The molecule has 9 nitrogen and oxygen atoms in total. The van der Waals surface area contributed by atoms with Crippen LogP contribution >= 0.6 is 0 Å². The normalized spacial score (nSPS) is 10.8. The summed E-state index contributed by atoms with van der Waals surface area (Å²) >= 11 is 0. The molecule has 0 saturated heterocycles. The molecule has 0 unspecified atom stereocenters. The van der Waals surface area contributed by atoms with E-state index in [0.717, 1.165) is 0 Å². The number of hydrogen-bond acceptors (Lipinski definition) is 6. The zero-order valence-corrected chi connectivity index (χ0v) is 10.6. The summed E-state index contributed by atoms with van der Waals surface area (Å²) in [6.45, 7) is 0.430. The molecule has 20 heavy (non-hydrogen) atoms. The molecule has 0 fully saturated rings. The predicted molar refractivity (Wildman–Crippen MR) is 64.5 cm³/mol. The van der Waals surface area contributed by atoms with E-state index in [9.17, 15) is 14.5 Å². The molecule has 108 valence electrons. The first-order valence-electron chi connectivity index (χ1n) is 5.89. The van der Waals surface area contributed by atoms with E-state index in [-0.39, 0.29) is 19.2 Å². The standard InChI is InChI=1S/C10H13FN6O3/c11-1-6-20-8-9-7-16(14-13-9)5-4-15-3-2-12-10(15)17(18)19/h2-3,7H,1,4-6,8H2. The highest BCUT2D eigenvalue weighted by molar-refractivity contribution is 5.06. The van der Waals surface area contributed by atoms with E-state index in [1.54, 1.807) is 6.20 Å². The lowest BCUT2D eigenvalue weighted by molar-refractivity contribution is -0.396. The van der Waals surface area contributed by atoms with Crippen molar-refractivity contribution in [3.63, 3.8) is 0 Å². The lowest BCUT2D eigenvalue weighted by Crippen LogP contribution is -2.09. The molecule has 10 heteroatoms. The van der Waals surface area contributed by atoms with Crippen LogP contribution in [0.1, 0.15) is 5.69 Å². The summed E-state index contributed by atoms with van der Waals surface area (Å²) < 4.78 is 19.8. The van der Waals surface area contributed by atoms with Gasteiger partial charge in [-0.05, 0) is 4.92 Å². The summed E-state index contributed by atoms with van der Waals surface area (Å²) in [6.07, 6.45) is 4.55. The quantitative estimate of drug-likeness (QED) is 0.399. The molecule has 0 atom stereocenters. The van der Waals surface area contributed by atoms with E-state index >= 15 is 0 Å². The summed E-state index contributed by atoms with van der Waals surface area (Å²) in [7, 11) is 0. The van der Waals surface area contributed by atoms with Crippen molar-refractivity contribution in [2.45, 2.75) is 19.7 Å². The molecule has 0 aliphatic carbocycles. The highest BCUT2D eigenvalue weighted by atomic mass is 19.1. The van der Waals surface area contributed by atoms with E-state index in [2.05, 4.69) is 15.3 Å². The van der Waals surface area contributed by atoms with Crippen molar-refractivity contribution in [2.75, 3.05) is 13.3 Å². The van der Waals surface area contributed by atoms with Crippen LogP contribution in [0.2, 0.25) is 0 Å². The number of halogens is 1. The Morgan fingerprint density at radius 1 is 1.45 bits per heavy atom. The number of aromatic nitrogens is 5. The van der Waals surface area contributed by atoms with Gasteiger partial charge in [0.2, 0.25) is 0 Å². The molecule has 0 spiro atoms. The Morgan fingerprint density at radius 3 is 3.05 bits per heavy atom. The number of ether oxygens (including phenoxy) is 1. The lowest BCUT2D eigenvalue weighted by atomic mass is 10.5. The van der Waals surface area contributed by atoms with Crippen molar-refractivity contribution < 1.29 is 14.1 Å². The molecule has 0 saturated carbocycles. The first kappa shape index (κ1) is 14.1. The van der Waals surface area contributed by atoms with Crippen LogP contribution in [0, 0.1) is 10.1 Å². The number of nitro groups is 1. The van der Waals surface area contributed by atoms with Gasteiger partial charge in [-0.2, -0.15) is 0 Å². The molecular weight excluding hydrogens is 271 g/mol. The van der Waals surface area contributed by atoms with Crippen LogP contribution < -0.4 is 0 Å². The molecule has 0 aliphatic heterocycles. The largest absolute Gasteiger partial charge is 0.434 e. The van der Waals surface area contributed by atoms with Crippen LogP contribution in [0.25, 0.3) is 0 Å². The maximum atomic E-state index is 11.9. The van der Waals surface area contributed by atoms with E-state index in [1.807, 2.05) is 0 Å². The Kier molecular flexibility index (Phi) is 4.71. The molecule has 2 rings (SSSR count). The summed E-state index contributed by atoms with van der Waals surface area (Å²) in [5.41, 5.74) is 0.582. The van der Waals surface area contributed by atoms with Crippen molar-refractivity contribution in [3.8, 4) is 0 Å². The van der Waals surface area contributed by atoms with Gasteiger partial charge in [0.25, 0.3) is 0 Å². The number of rotatable bonds is 8. The fraction of sp³-hybridized carbons (Fsp3) is 0.500. The summed E-state index contributed by atoms with van der Waals surface area (Å²) in [5.74, 6) is -0.211. The zero-order valence-electron chi connectivity index (χ0n) is 10.6. The molecular formula is C10H13FN6O3. The predicted octanol–water partition coefficient (Wildman–Crippen LogP) is 0.569. The van der Waals surface area contributed by atoms with E-state index in [0.29, 0.717) is 18.8 Å². The highest BCUT2D eigenvalue weighted by Crippen LogP contribution is 2.07. The van der Waals surface area contributed by atoms with E-state index < -0.39 is 11.6 Å². The van der Waals surface area contributed by atoms with Crippen LogP contribution in [0.15, 0.2) is 18.6 Å². The second-order valence-electron chi connectivity index (χ2n) is 3.89. The molecule has 2 aromatic heterocycles. The topological polar surface area (TPSA) is 101 Å². The molecule has 2 aromatic rings. The Balaban J connectivity index is 1.87. The van der Waals surface area contributed by atoms with Gasteiger partial charge in [0.15, 0.2) is 0 Å². The van der Waals surface area contributed by atoms with E-state index in [1.165, 1.54) is 21.6 Å².